The summed E-state index contributed by atoms with van der Waals surface area (Å²) in [6.45, 7) is 3.37. The first-order valence-electron chi connectivity index (χ1n) is 10.3. The number of aliphatic hydroxyl groups excluding tert-OH is 1. The van der Waals surface area contributed by atoms with Crippen molar-refractivity contribution in [3.8, 4) is 10.6 Å². The number of aromatic nitrogens is 3. The third kappa shape index (κ3) is 4.20. The summed E-state index contributed by atoms with van der Waals surface area (Å²) in [5, 5.41) is 28.6. The highest BCUT2D eigenvalue weighted by Gasteiger charge is 2.44. The monoisotopic (exact) mass is 480 g/mol. The highest BCUT2D eigenvalue weighted by atomic mass is 32.1. The number of thiazole rings is 1. The molecule has 12 heteroatoms. The van der Waals surface area contributed by atoms with Crippen LogP contribution in [0.1, 0.15) is 44.0 Å². The summed E-state index contributed by atoms with van der Waals surface area (Å²) in [4.78, 5) is 4.18. The van der Waals surface area contributed by atoms with Crippen LogP contribution in [-0.2, 0) is 11.8 Å². The minimum atomic E-state index is -1.38. The molecule has 3 heterocycles. The number of nitrogens with two attached hydrogens (primary N) is 2. The average Bonchev–Trinajstić information content (AvgIpc) is 3.28. The Kier molecular flexibility index (Phi) is 6.14. The zero-order chi connectivity index (χ0) is 24.1. The van der Waals surface area contributed by atoms with Crippen LogP contribution in [0.25, 0.3) is 10.6 Å². The van der Waals surface area contributed by atoms with Crippen molar-refractivity contribution in [2.24, 2.45) is 12.8 Å². The van der Waals surface area contributed by atoms with E-state index in [-0.39, 0.29) is 21.3 Å². The Labute approximate surface area is 193 Å². The summed E-state index contributed by atoms with van der Waals surface area (Å²) in [6.07, 6.45) is -0.576. The number of hydrogen-bond acceptors (Lipinski definition) is 9. The number of benzene rings is 1. The van der Waals surface area contributed by atoms with Crippen molar-refractivity contribution >= 4 is 22.0 Å². The maximum absolute atomic E-state index is 14.2. The number of halogens is 2. The molecule has 0 radical (unpaired) electrons. The summed E-state index contributed by atoms with van der Waals surface area (Å²) in [6, 6.07) is 2.97. The molecule has 9 nitrogen and oxygen atoms in total. The third-order valence-corrected chi connectivity index (χ3v) is 7.03. The zero-order valence-corrected chi connectivity index (χ0v) is 19.1. The van der Waals surface area contributed by atoms with Crippen LogP contribution < -0.4 is 16.8 Å². The fraction of sp³-hybridized carbons (Fsp3) is 0.429. The Bertz CT molecular complexity index is 1130. The molecule has 33 heavy (non-hydrogen) atoms. The maximum Gasteiger partial charge on any atom is 0.171 e. The normalized spacial score (nSPS) is 26.4. The molecule has 0 saturated carbocycles. The fourth-order valence-corrected chi connectivity index (χ4v) is 4.80. The fourth-order valence-electron chi connectivity index (χ4n) is 3.89. The topological polar surface area (TPSA) is 144 Å². The first-order chi connectivity index (χ1) is 15.5. The summed E-state index contributed by atoms with van der Waals surface area (Å²) in [5.74, 6) is -1.55. The van der Waals surface area contributed by atoms with Crippen molar-refractivity contribution in [3.63, 3.8) is 0 Å². The standard InChI is InChI=1S/C21H26F2N6O3S/c1-9-21(2,31)14(24)7-13(32-9)17-12(8-26-29(17)3)27-19(30)16-18(25)33-20(28-16)15-10(22)5-4-6-11(15)23/h4-6,8-9,13-14,19,27,30-31H,7,24-25H2,1-3H3/t9-,13?,14-,19?,21-/m0/s1. The molecule has 0 bridgehead atoms. The molecule has 2 aromatic heterocycles. The maximum atomic E-state index is 14.2. The van der Waals surface area contributed by atoms with Gasteiger partial charge in [0.15, 0.2) is 6.23 Å². The van der Waals surface area contributed by atoms with E-state index < -0.39 is 41.7 Å². The van der Waals surface area contributed by atoms with E-state index in [1.165, 1.54) is 12.3 Å². The number of aryl methyl sites for hydroxylation is 1. The quantitative estimate of drug-likeness (QED) is 0.350. The molecule has 2 unspecified atom stereocenters. The van der Waals surface area contributed by atoms with Gasteiger partial charge in [0.1, 0.15) is 39.0 Å². The first-order valence-corrected chi connectivity index (χ1v) is 11.1. The Hall–Kier alpha value is -2.64. The summed E-state index contributed by atoms with van der Waals surface area (Å²) in [7, 11) is 1.72. The van der Waals surface area contributed by atoms with Gasteiger partial charge in [0.05, 0.1) is 29.2 Å². The Morgan fingerprint density at radius 1 is 1.36 bits per heavy atom. The second kappa shape index (κ2) is 8.61. The number of aliphatic hydroxyl groups is 2. The molecule has 1 aromatic carbocycles. The molecule has 1 aliphatic heterocycles. The van der Waals surface area contributed by atoms with Crippen LogP contribution in [0.2, 0.25) is 0 Å². The van der Waals surface area contributed by atoms with Crippen molar-refractivity contribution in [3.05, 3.63) is 47.4 Å². The van der Waals surface area contributed by atoms with Crippen LogP contribution in [0.4, 0.5) is 19.5 Å². The van der Waals surface area contributed by atoms with Crippen molar-refractivity contribution in [2.45, 2.75) is 50.3 Å². The van der Waals surface area contributed by atoms with Gasteiger partial charge in [0.2, 0.25) is 0 Å². The van der Waals surface area contributed by atoms with E-state index >= 15 is 0 Å². The van der Waals surface area contributed by atoms with E-state index in [2.05, 4.69) is 15.4 Å². The van der Waals surface area contributed by atoms with Crippen molar-refractivity contribution in [2.75, 3.05) is 11.1 Å². The van der Waals surface area contributed by atoms with Crippen LogP contribution in [0, 0.1) is 11.6 Å². The molecule has 1 saturated heterocycles. The number of hydrogen-bond donors (Lipinski definition) is 5. The largest absolute Gasteiger partial charge is 0.389 e. The minimum Gasteiger partial charge on any atom is -0.389 e. The van der Waals surface area contributed by atoms with Crippen LogP contribution in [0.5, 0.6) is 0 Å². The van der Waals surface area contributed by atoms with Gasteiger partial charge in [-0.15, -0.1) is 0 Å². The Morgan fingerprint density at radius 2 is 2.03 bits per heavy atom. The number of nitrogens with one attached hydrogen (secondary N) is 1. The average molecular weight is 481 g/mol. The first kappa shape index (κ1) is 23.5. The van der Waals surface area contributed by atoms with Gasteiger partial charge in [0, 0.05) is 13.1 Å². The highest BCUT2D eigenvalue weighted by molar-refractivity contribution is 7.18. The number of anilines is 2. The number of nitrogen functional groups attached to an aromatic ring is 1. The van der Waals surface area contributed by atoms with Crippen LogP contribution in [0.15, 0.2) is 24.4 Å². The van der Waals surface area contributed by atoms with Crippen LogP contribution >= 0.6 is 11.3 Å². The number of ether oxygens (including phenoxy) is 1. The molecule has 4 rings (SSSR count). The summed E-state index contributed by atoms with van der Waals surface area (Å²) >= 11 is 0.869. The van der Waals surface area contributed by atoms with Gasteiger partial charge in [-0.2, -0.15) is 5.10 Å². The lowest BCUT2D eigenvalue weighted by atomic mass is 9.84. The lowest BCUT2D eigenvalue weighted by Gasteiger charge is -2.43. The van der Waals surface area contributed by atoms with Gasteiger partial charge >= 0.3 is 0 Å². The van der Waals surface area contributed by atoms with Crippen molar-refractivity contribution in [1.29, 1.82) is 0 Å². The molecule has 5 atom stereocenters. The molecular weight excluding hydrogens is 454 g/mol. The van der Waals surface area contributed by atoms with E-state index in [1.54, 1.807) is 25.6 Å². The Morgan fingerprint density at radius 3 is 2.67 bits per heavy atom. The second-order valence-corrected chi connectivity index (χ2v) is 9.34. The lowest BCUT2D eigenvalue weighted by Crippen LogP contribution is -2.58. The van der Waals surface area contributed by atoms with Gasteiger partial charge in [-0.05, 0) is 32.4 Å². The molecular formula is C21H26F2N6O3S. The minimum absolute atomic E-state index is 0.0167. The van der Waals surface area contributed by atoms with Crippen molar-refractivity contribution in [1.82, 2.24) is 14.8 Å². The summed E-state index contributed by atoms with van der Waals surface area (Å²) in [5.41, 5.74) is 11.8. The predicted molar refractivity (Wildman–Crippen MR) is 120 cm³/mol. The van der Waals surface area contributed by atoms with Crippen LogP contribution in [-0.4, -0.2) is 42.7 Å². The van der Waals surface area contributed by atoms with Crippen LogP contribution in [0.3, 0.4) is 0 Å². The number of rotatable bonds is 5. The number of nitrogens with zero attached hydrogens (tertiary/aromatic N) is 3. The van der Waals surface area contributed by atoms with E-state index in [0.717, 1.165) is 23.5 Å². The van der Waals surface area contributed by atoms with Gasteiger partial charge < -0.3 is 31.7 Å². The SMILES string of the molecule is C[C@@H]1OC(c2c(NC(O)c3nc(-c4c(F)cccc4F)sc3N)cnn2C)C[C@H](N)[C@@]1(C)O. The van der Waals surface area contributed by atoms with Gasteiger partial charge in [-0.1, -0.05) is 17.4 Å². The molecule has 0 spiro atoms. The highest BCUT2D eigenvalue weighted by Crippen LogP contribution is 2.40. The van der Waals surface area contributed by atoms with E-state index in [1.807, 2.05) is 0 Å². The zero-order valence-electron chi connectivity index (χ0n) is 18.3. The summed E-state index contributed by atoms with van der Waals surface area (Å²) < 4.78 is 35.9. The smallest absolute Gasteiger partial charge is 0.171 e. The molecule has 0 aliphatic carbocycles. The molecule has 7 N–H and O–H groups in total. The van der Waals surface area contributed by atoms with Gasteiger partial charge in [-0.3, -0.25) is 4.68 Å². The second-order valence-electron chi connectivity index (χ2n) is 8.31. The molecule has 1 aliphatic rings. The van der Waals surface area contributed by atoms with E-state index in [4.69, 9.17) is 16.2 Å². The molecule has 3 aromatic rings. The third-order valence-electron chi connectivity index (χ3n) is 6.11. The predicted octanol–water partition coefficient (Wildman–Crippen LogP) is 2.44. The molecule has 0 amide bonds. The van der Waals surface area contributed by atoms with E-state index in [0.29, 0.717) is 17.8 Å². The van der Waals surface area contributed by atoms with E-state index in [9.17, 15) is 19.0 Å². The van der Waals surface area contributed by atoms with Gasteiger partial charge in [0.25, 0.3) is 0 Å². The van der Waals surface area contributed by atoms with Gasteiger partial charge in [-0.25, -0.2) is 13.8 Å². The molecule has 178 valence electrons. The lowest BCUT2D eigenvalue weighted by molar-refractivity contribution is -0.172. The Balaban J connectivity index is 1.60. The molecule has 1 fully saturated rings. The van der Waals surface area contributed by atoms with Crippen molar-refractivity contribution < 1.29 is 23.7 Å².